The Balaban J connectivity index is 1.48. The molecule has 0 atom stereocenters. The second-order valence-corrected chi connectivity index (χ2v) is 7.76. The van der Waals surface area contributed by atoms with E-state index in [1.165, 1.54) is 12.8 Å². The van der Waals surface area contributed by atoms with E-state index >= 15 is 0 Å². The number of aromatic nitrogens is 2. The molecule has 150 valence electrons. The van der Waals surface area contributed by atoms with Gasteiger partial charge in [-0.1, -0.05) is 48.0 Å². The second-order valence-electron chi connectivity index (χ2n) is 7.40. The van der Waals surface area contributed by atoms with E-state index in [9.17, 15) is 4.79 Å². The molecule has 0 spiro atoms. The Labute approximate surface area is 175 Å². The largest absolute Gasteiger partial charge is 0.490 e. The van der Waals surface area contributed by atoms with Crippen LogP contribution >= 0.6 is 11.6 Å². The molecule has 0 aliphatic heterocycles. The van der Waals surface area contributed by atoms with E-state index in [0.717, 1.165) is 24.2 Å². The summed E-state index contributed by atoms with van der Waals surface area (Å²) in [6, 6.07) is 17.4. The van der Waals surface area contributed by atoms with Gasteiger partial charge in [0, 0.05) is 11.8 Å². The maximum Gasteiger partial charge on any atom is 0.260 e. The number of hydrogen-bond acceptors (Lipinski definition) is 3. The molecule has 29 heavy (non-hydrogen) atoms. The van der Waals surface area contributed by atoms with Crippen LogP contribution in [0.25, 0.3) is 0 Å². The van der Waals surface area contributed by atoms with Crippen molar-refractivity contribution in [2.24, 2.45) is 0 Å². The molecule has 1 aromatic heterocycles. The van der Waals surface area contributed by atoms with E-state index in [-0.39, 0.29) is 12.0 Å². The topological polar surface area (TPSA) is 56.2 Å². The van der Waals surface area contributed by atoms with Crippen molar-refractivity contribution in [3.05, 3.63) is 76.6 Å². The molecule has 0 saturated heterocycles. The van der Waals surface area contributed by atoms with Crippen molar-refractivity contribution < 1.29 is 9.53 Å². The van der Waals surface area contributed by atoms with Crippen molar-refractivity contribution in [2.75, 3.05) is 5.32 Å². The van der Waals surface area contributed by atoms with E-state index in [4.69, 9.17) is 16.3 Å². The lowest BCUT2D eigenvalue weighted by molar-refractivity contribution is 0.102. The number of benzene rings is 2. The van der Waals surface area contributed by atoms with Crippen LogP contribution in [0.3, 0.4) is 0 Å². The van der Waals surface area contributed by atoms with Gasteiger partial charge in [0.15, 0.2) is 0 Å². The van der Waals surface area contributed by atoms with Crippen LogP contribution in [0.15, 0.2) is 54.6 Å². The number of amides is 1. The summed E-state index contributed by atoms with van der Waals surface area (Å²) in [5.41, 5.74) is 2.74. The number of nitrogens with zero attached hydrogens (tertiary/aromatic N) is 2. The normalized spacial score (nSPS) is 14.1. The number of carbonyl (C=O) groups is 1. The monoisotopic (exact) mass is 409 g/mol. The summed E-state index contributed by atoms with van der Waals surface area (Å²) in [4.78, 5) is 12.9. The zero-order valence-corrected chi connectivity index (χ0v) is 17.2. The number of carbonyl (C=O) groups excluding carboxylic acids is 1. The van der Waals surface area contributed by atoms with Crippen LogP contribution in [-0.2, 0) is 6.54 Å². The zero-order chi connectivity index (χ0) is 20.2. The fourth-order valence-electron chi connectivity index (χ4n) is 3.71. The summed E-state index contributed by atoms with van der Waals surface area (Å²) in [5, 5.41) is 7.71. The molecule has 3 aromatic rings. The average molecular weight is 410 g/mol. The van der Waals surface area contributed by atoms with Crippen molar-refractivity contribution in [1.29, 1.82) is 0 Å². The SMILES string of the molecule is Cc1nn(Cc2ccccc2)c(Cl)c1C(=O)Nc1cccc(OC2CCCC2)c1. The fourth-order valence-corrected chi connectivity index (χ4v) is 4.03. The minimum Gasteiger partial charge on any atom is -0.490 e. The smallest absolute Gasteiger partial charge is 0.260 e. The predicted molar refractivity (Wildman–Crippen MR) is 115 cm³/mol. The molecule has 1 amide bonds. The fraction of sp³-hybridized carbons (Fsp3) is 0.304. The number of anilines is 1. The Morgan fingerprint density at radius 1 is 1.17 bits per heavy atom. The zero-order valence-electron chi connectivity index (χ0n) is 16.4. The van der Waals surface area contributed by atoms with Crippen molar-refractivity contribution in [3.8, 4) is 5.75 Å². The van der Waals surface area contributed by atoms with Gasteiger partial charge in [0.1, 0.15) is 10.9 Å². The number of nitrogens with one attached hydrogen (secondary N) is 1. The Hall–Kier alpha value is -2.79. The van der Waals surface area contributed by atoms with Crippen LogP contribution in [0.1, 0.15) is 47.3 Å². The summed E-state index contributed by atoms with van der Waals surface area (Å²) < 4.78 is 7.68. The van der Waals surface area contributed by atoms with Gasteiger partial charge in [-0.15, -0.1) is 0 Å². The number of hydrogen-bond donors (Lipinski definition) is 1. The Morgan fingerprint density at radius 3 is 2.69 bits per heavy atom. The minimum atomic E-state index is -0.273. The van der Waals surface area contributed by atoms with E-state index in [2.05, 4.69) is 10.4 Å². The summed E-state index contributed by atoms with van der Waals surface area (Å²) in [5.74, 6) is 0.502. The van der Waals surface area contributed by atoms with Crippen LogP contribution in [0.5, 0.6) is 5.75 Å². The predicted octanol–water partition coefficient (Wildman–Crippen LogP) is 5.47. The average Bonchev–Trinajstić information content (AvgIpc) is 3.31. The maximum atomic E-state index is 12.9. The Kier molecular flexibility index (Phi) is 5.86. The highest BCUT2D eigenvalue weighted by atomic mass is 35.5. The number of halogens is 1. The van der Waals surface area contributed by atoms with Crippen LogP contribution in [0.2, 0.25) is 5.15 Å². The summed E-state index contributed by atoms with van der Waals surface area (Å²) >= 11 is 6.50. The lowest BCUT2D eigenvalue weighted by Gasteiger charge is -2.14. The standard InChI is InChI=1S/C23H24ClN3O2/c1-16-21(22(24)27(26-16)15-17-8-3-2-4-9-17)23(28)25-18-10-7-13-20(14-18)29-19-11-5-6-12-19/h2-4,7-10,13-14,19H,5-6,11-12,15H2,1H3,(H,25,28). The van der Waals surface area contributed by atoms with Gasteiger partial charge in [0.05, 0.1) is 23.9 Å². The van der Waals surface area contributed by atoms with Crippen LogP contribution < -0.4 is 10.1 Å². The van der Waals surface area contributed by atoms with Gasteiger partial charge >= 0.3 is 0 Å². The van der Waals surface area contributed by atoms with Gasteiger partial charge in [-0.2, -0.15) is 5.10 Å². The highest BCUT2D eigenvalue weighted by Crippen LogP contribution is 2.27. The molecule has 2 aromatic carbocycles. The van der Waals surface area contributed by atoms with Gasteiger partial charge in [0.2, 0.25) is 0 Å². The van der Waals surface area contributed by atoms with Crippen molar-refractivity contribution in [2.45, 2.75) is 45.3 Å². The first-order valence-electron chi connectivity index (χ1n) is 9.95. The van der Waals surface area contributed by atoms with Gasteiger partial charge < -0.3 is 10.1 Å². The van der Waals surface area contributed by atoms with Crippen LogP contribution in [0.4, 0.5) is 5.69 Å². The molecular formula is C23H24ClN3O2. The third-order valence-electron chi connectivity index (χ3n) is 5.16. The van der Waals surface area contributed by atoms with Gasteiger partial charge in [-0.3, -0.25) is 4.79 Å². The summed E-state index contributed by atoms with van der Waals surface area (Å²) in [7, 11) is 0. The van der Waals surface area contributed by atoms with E-state index < -0.39 is 0 Å². The van der Waals surface area contributed by atoms with Crippen molar-refractivity contribution in [3.63, 3.8) is 0 Å². The molecule has 0 unspecified atom stereocenters. The molecule has 1 aliphatic carbocycles. The quantitative estimate of drug-likeness (QED) is 0.587. The lowest BCUT2D eigenvalue weighted by atomic mass is 10.2. The molecule has 1 N–H and O–H groups in total. The third kappa shape index (κ3) is 4.62. The lowest BCUT2D eigenvalue weighted by Crippen LogP contribution is -2.14. The summed E-state index contributed by atoms with van der Waals surface area (Å²) in [6.45, 7) is 2.31. The summed E-state index contributed by atoms with van der Waals surface area (Å²) in [6.07, 6.45) is 4.88. The van der Waals surface area contributed by atoms with E-state index in [1.54, 1.807) is 11.6 Å². The highest BCUT2D eigenvalue weighted by Gasteiger charge is 2.21. The molecule has 1 saturated carbocycles. The number of rotatable bonds is 6. The Morgan fingerprint density at radius 2 is 1.93 bits per heavy atom. The molecule has 4 rings (SSSR count). The molecule has 0 bridgehead atoms. The third-order valence-corrected chi connectivity index (χ3v) is 5.55. The molecular weight excluding hydrogens is 386 g/mol. The van der Waals surface area contributed by atoms with E-state index in [1.807, 2.05) is 54.6 Å². The molecule has 1 heterocycles. The first kappa shape index (κ1) is 19.5. The molecule has 0 radical (unpaired) electrons. The van der Waals surface area contributed by atoms with Crippen LogP contribution in [0, 0.1) is 6.92 Å². The highest BCUT2D eigenvalue weighted by molar-refractivity contribution is 6.33. The first-order chi connectivity index (χ1) is 14.1. The first-order valence-corrected chi connectivity index (χ1v) is 10.3. The van der Waals surface area contributed by atoms with Crippen molar-refractivity contribution >= 4 is 23.2 Å². The second kappa shape index (κ2) is 8.70. The van der Waals surface area contributed by atoms with E-state index in [0.29, 0.717) is 28.6 Å². The molecule has 1 fully saturated rings. The van der Waals surface area contributed by atoms with Crippen LogP contribution in [-0.4, -0.2) is 21.8 Å². The van der Waals surface area contributed by atoms with Gasteiger partial charge in [0.25, 0.3) is 5.91 Å². The molecule has 6 heteroatoms. The number of ether oxygens (including phenoxy) is 1. The Bertz CT molecular complexity index is 995. The molecule has 1 aliphatic rings. The number of aryl methyl sites for hydroxylation is 1. The van der Waals surface area contributed by atoms with Gasteiger partial charge in [-0.25, -0.2) is 4.68 Å². The van der Waals surface area contributed by atoms with Gasteiger partial charge in [-0.05, 0) is 50.3 Å². The minimum absolute atomic E-state index is 0.272. The van der Waals surface area contributed by atoms with Crippen molar-refractivity contribution in [1.82, 2.24) is 9.78 Å². The maximum absolute atomic E-state index is 12.9. The molecule has 5 nitrogen and oxygen atoms in total.